The first-order chi connectivity index (χ1) is 15.3. The van der Waals surface area contributed by atoms with E-state index in [4.69, 9.17) is 11.6 Å². The number of nitrogens with one attached hydrogen (secondary N) is 3. The molecule has 1 saturated heterocycles. The standard InChI is InChI=1S/C23H29ClN4O4/c1-14(28-21(31)23(27-22(28)32)11-5-6-12-23)19(29)26-16-9-10-18(24)17(13-16)20(30)25-15-7-3-2-4-8-15/h9-10,13-15H,2-8,11-12H2,1H3,(H,25,30)(H,26,29)(H,27,32). The second kappa shape index (κ2) is 9.10. The summed E-state index contributed by atoms with van der Waals surface area (Å²) in [5, 5.41) is 8.81. The SMILES string of the molecule is CC(C(=O)Nc1ccc(Cl)c(C(=O)NC2CCCCC2)c1)N1C(=O)NC2(CCCC2)C1=O. The van der Waals surface area contributed by atoms with Crippen LogP contribution in [0.3, 0.4) is 0 Å². The summed E-state index contributed by atoms with van der Waals surface area (Å²) in [4.78, 5) is 52.0. The number of urea groups is 1. The third kappa shape index (κ3) is 4.33. The molecule has 0 aromatic heterocycles. The van der Waals surface area contributed by atoms with Crippen LogP contribution in [0.4, 0.5) is 10.5 Å². The second-order valence-corrected chi connectivity index (χ2v) is 9.47. The van der Waals surface area contributed by atoms with Gasteiger partial charge in [-0.15, -0.1) is 0 Å². The number of halogens is 1. The summed E-state index contributed by atoms with van der Waals surface area (Å²) in [6.07, 6.45) is 8.21. The molecular weight excluding hydrogens is 432 g/mol. The van der Waals surface area contributed by atoms with E-state index in [1.165, 1.54) is 19.4 Å². The summed E-state index contributed by atoms with van der Waals surface area (Å²) in [5.41, 5.74) is -0.207. The van der Waals surface area contributed by atoms with Gasteiger partial charge in [-0.05, 0) is 50.8 Å². The van der Waals surface area contributed by atoms with Crippen molar-refractivity contribution in [2.24, 2.45) is 0 Å². The zero-order valence-electron chi connectivity index (χ0n) is 18.2. The van der Waals surface area contributed by atoms with Gasteiger partial charge >= 0.3 is 6.03 Å². The van der Waals surface area contributed by atoms with E-state index in [-0.39, 0.29) is 23.4 Å². The van der Waals surface area contributed by atoms with E-state index in [2.05, 4.69) is 16.0 Å². The van der Waals surface area contributed by atoms with Crippen LogP contribution < -0.4 is 16.0 Å². The predicted octanol–water partition coefficient (Wildman–Crippen LogP) is 3.59. The molecule has 3 N–H and O–H groups in total. The van der Waals surface area contributed by atoms with Gasteiger partial charge in [0.15, 0.2) is 0 Å². The van der Waals surface area contributed by atoms with Gasteiger partial charge in [-0.3, -0.25) is 14.4 Å². The zero-order valence-corrected chi connectivity index (χ0v) is 19.0. The molecule has 3 aliphatic rings. The quantitative estimate of drug-likeness (QED) is 0.583. The van der Waals surface area contributed by atoms with Gasteiger partial charge in [0.2, 0.25) is 5.91 Å². The molecule has 0 radical (unpaired) electrons. The lowest BCUT2D eigenvalue weighted by molar-refractivity contribution is -0.136. The topological polar surface area (TPSA) is 108 Å². The largest absolute Gasteiger partial charge is 0.349 e. The van der Waals surface area contributed by atoms with Crippen LogP contribution in [0.2, 0.25) is 5.02 Å². The van der Waals surface area contributed by atoms with Gasteiger partial charge in [0.25, 0.3) is 11.8 Å². The first kappa shape index (κ1) is 22.6. The first-order valence-electron chi connectivity index (χ1n) is 11.4. The number of imide groups is 1. The molecule has 1 heterocycles. The fraction of sp³-hybridized carbons (Fsp3) is 0.565. The highest BCUT2D eigenvalue weighted by atomic mass is 35.5. The summed E-state index contributed by atoms with van der Waals surface area (Å²) < 4.78 is 0. The molecule has 1 spiro atoms. The van der Waals surface area contributed by atoms with Gasteiger partial charge in [-0.25, -0.2) is 9.69 Å². The lowest BCUT2D eigenvalue weighted by atomic mass is 9.95. The fourth-order valence-corrected chi connectivity index (χ4v) is 5.16. The number of anilines is 1. The lowest BCUT2D eigenvalue weighted by Crippen LogP contribution is -2.48. The van der Waals surface area contributed by atoms with Crippen LogP contribution in [0.1, 0.15) is 75.1 Å². The maximum absolute atomic E-state index is 12.9. The van der Waals surface area contributed by atoms with Crippen LogP contribution in [0.15, 0.2) is 18.2 Å². The van der Waals surface area contributed by atoms with Gasteiger partial charge in [-0.1, -0.05) is 43.7 Å². The van der Waals surface area contributed by atoms with Gasteiger partial charge in [-0.2, -0.15) is 0 Å². The molecule has 2 saturated carbocycles. The minimum absolute atomic E-state index is 0.133. The van der Waals surface area contributed by atoms with Crippen molar-refractivity contribution in [2.75, 3.05) is 5.32 Å². The summed E-state index contributed by atoms with van der Waals surface area (Å²) >= 11 is 6.24. The Balaban J connectivity index is 1.44. The lowest BCUT2D eigenvalue weighted by Gasteiger charge is -2.24. The first-order valence-corrected chi connectivity index (χ1v) is 11.8. The maximum atomic E-state index is 12.9. The van der Waals surface area contributed by atoms with Crippen LogP contribution >= 0.6 is 11.6 Å². The molecule has 0 bridgehead atoms. The number of nitrogens with zero attached hydrogens (tertiary/aromatic N) is 1. The Morgan fingerprint density at radius 2 is 1.81 bits per heavy atom. The van der Waals surface area contributed by atoms with Gasteiger partial charge < -0.3 is 16.0 Å². The van der Waals surface area contributed by atoms with Gasteiger partial charge in [0, 0.05) is 11.7 Å². The zero-order chi connectivity index (χ0) is 22.9. The van der Waals surface area contributed by atoms with Crippen molar-refractivity contribution >= 4 is 41.0 Å². The minimum atomic E-state index is -0.988. The highest BCUT2D eigenvalue weighted by molar-refractivity contribution is 6.34. The van der Waals surface area contributed by atoms with Crippen molar-refractivity contribution in [2.45, 2.75) is 82.3 Å². The smallest absolute Gasteiger partial charge is 0.325 e. The molecule has 172 valence electrons. The molecule has 2 aliphatic carbocycles. The Labute approximate surface area is 192 Å². The molecule has 4 rings (SSSR count). The van der Waals surface area contributed by atoms with Crippen molar-refractivity contribution in [3.05, 3.63) is 28.8 Å². The number of amides is 5. The number of benzene rings is 1. The molecule has 1 unspecified atom stereocenters. The molecule has 32 heavy (non-hydrogen) atoms. The molecule has 1 aromatic carbocycles. The molecule has 5 amide bonds. The van der Waals surface area contributed by atoms with Crippen LogP contribution in [0.5, 0.6) is 0 Å². The third-order valence-corrected chi connectivity index (χ3v) is 7.17. The van der Waals surface area contributed by atoms with E-state index in [9.17, 15) is 19.2 Å². The van der Waals surface area contributed by atoms with E-state index in [0.29, 0.717) is 23.6 Å². The van der Waals surface area contributed by atoms with Crippen LogP contribution in [0.25, 0.3) is 0 Å². The number of hydrogen-bond acceptors (Lipinski definition) is 4. The maximum Gasteiger partial charge on any atom is 0.325 e. The molecule has 9 heteroatoms. The Kier molecular flexibility index (Phi) is 6.42. The molecule has 1 atom stereocenters. The van der Waals surface area contributed by atoms with Crippen LogP contribution in [0, 0.1) is 0 Å². The number of carbonyl (C=O) groups is 4. The highest BCUT2D eigenvalue weighted by Gasteiger charge is 2.54. The Morgan fingerprint density at radius 3 is 2.50 bits per heavy atom. The van der Waals surface area contributed by atoms with Crippen LogP contribution in [-0.4, -0.2) is 46.3 Å². The van der Waals surface area contributed by atoms with E-state index in [1.807, 2.05) is 0 Å². The minimum Gasteiger partial charge on any atom is -0.349 e. The highest BCUT2D eigenvalue weighted by Crippen LogP contribution is 2.36. The average Bonchev–Trinajstić information content (AvgIpc) is 3.34. The van der Waals surface area contributed by atoms with E-state index >= 15 is 0 Å². The van der Waals surface area contributed by atoms with Crippen LogP contribution in [-0.2, 0) is 9.59 Å². The normalized spacial score (nSPS) is 21.5. The Bertz CT molecular complexity index is 938. The monoisotopic (exact) mass is 460 g/mol. The molecule has 3 fully saturated rings. The van der Waals surface area contributed by atoms with Crippen molar-refractivity contribution in [1.82, 2.24) is 15.5 Å². The predicted molar refractivity (Wildman–Crippen MR) is 120 cm³/mol. The van der Waals surface area contributed by atoms with E-state index in [1.54, 1.807) is 12.1 Å². The van der Waals surface area contributed by atoms with E-state index < -0.39 is 23.5 Å². The summed E-state index contributed by atoms with van der Waals surface area (Å²) in [6.45, 7) is 1.52. The molecule has 1 aromatic rings. The molecular formula is C23H29ClN4O4. The average molecular weight is 461 g/mol. The van der Waals surface area contributed by atoms with E-state index in [0.717, 1.165) is 43.4 Å². The van der Waals surface area contributed by atoms with Crippen molar-refractivity contribution in [3.63, 3.8) is 0 Å². The summed E-state index contributed by atoms with van der Waals surface area (Å²) in [5.74, 6) is -1.13. The number of hydrogen-bond donors (Lipinski definition) is 3. The van der Waals surface area contributed by atoms with Gasteiger partial charge in [0.05, 0.1) is 10.6 Å². The van der Waals surface area contributed by atoms with Gasteiger partial charge in [0.1, 0.15) is 11.6 Å². The molecule has 8 nitrogen and oxygen atoms in total. The summed E-state index contributed by atoms with van der Waals surface area (Å²) in [6, 6.07) is 3.28. The Morgan fingerprint density at radius 1 is 1.12 bits per heavy atom. The number of rotatable bonds is 5. The van der Waals surface area contributed by atoms with Crippen molar-refractivity contribution in [3.8, 4) is 0 Å². The molecule has 1 aliphatic heterocycles. The Hall–Kier alpha value is -2.61. The third-order valence-electron chi connectivity index (χ3n) is 6.84. The van der Waals surface area contributed by atoms with Crippen molar-refractivity contribution < 1.29 is 19.2 Å². The summed E-state index contributed by atoms with van der Waals surface area (Å²) in [7, 11) is 0. The second-order valence-electron chi connectivity index (χ2n) is 9.06. The van der Waals surface area contributed by atoms with Crippen molar-refractivity contribution in [1.29, 1.82) is 0 Å². The fourth-order valence-electron chi connectivity index (χ4n) is 4.96. The number of carbonyl (C=O) groups excluding carboxylic acids is 4.